The first kappa shape index (κ1) is 18.6. The Morgan fingerprint density at radius 1 is 1.23 bits per heavy atom. The van der Waals surface area contributed by atoms with E-state index in [1.807, 2.05) is 60.8 Å². The zero-order valence-corrected chi connectivity index (χ0v) is 17.1. The second-order valence-corrected chi connectivity index (χ2v) is 7.71. The molecule has 0 radical (unpaired) electrons. The molecule has 1 amide bonds. The fourth-order valence-corrected chi connectivity index (χ4v) is 3.40. The third kappa shape index (κ3) is 5.15. The number of rotatable bonds is 6. The Hall–Kier alpha value is -2.19. The van der Waals surface area contributed by atoms with Gasteiger partial charge in [0.25, 0.3) is 0 Å². The number of benzene rings is 2. The van der Waals surface area contributed by atoms with Crippen molar-refractivity contribution in [2.75, 3.05) is 5.32 Å². The van der Waals surface area contributed by atoms with Crippen LogP contribution < -0.4 is 10.1 Å². The molecule has 1 aromatic heterocycles. The van der Waals surface area contributed by atoms with Crippen LogP contribution >= 0.6 is 33.9 Å². The van der Waals surface area contributed by atoms with Crippen LogP contribution in [0.1, 0.15) is 16.3 Å². The fourth-order valence-electron chi connectivity index (χ4n) is 2.28. The first-order valence-electron chi connectivity index (χ1n) is 7.98. The number of ether oxygens (including phenoxy) is 1. The molecule has 1 heterocycles. The summed E-state index contributed by atoms with van der Waals surface area (Å²) in [6.45, 7) is 2.38. The molecule has 1 N–H and O–H groups in total. The maximum Gasteiger partial charge on any atom is 0.248 e. The van der Waals surface area contributed by atoms with Crippen molar-refractivity contribution in [2.45, 2.75) is 13.5 Å². The highest BCUT2D eigenvalue weighted by Crippen LogP contribution is 2.22. The molecule has 0 aliphatic heterocycles. The van der Waals surface area contributed by atoms with E-state index in [2.05, 4.69) is 32.9 Å². The second kappa shape index (κ2) is 8.95. The van der Waals surface area contributed by atoms with E-state index in [0.29, 0.717) is 6.61 Å². The number of aromatic nitrogens is 1. The minimum Gasteiger partial charge on any atom is -0.487 e. The average molecular weight is 476 g/mol. The van der Waals surface area contributed by atoms with Gasteiger partial charge in [-0.05, 0) is 53.8 Å². The molecule has 0 spiro atoms. The molecule has 0 aliphatic rings. The Kier molecular flexibility index (Phi) is 6.40. The van der Waals surface area contributed by atoms with E-state index in [9.17, 15) is 4.79 Å². The topological polar surface area (TPSA) is 51.2 Å². The highest BCUT2D eigenvalue weighted by molar-refractivity contribution is 14.1. The van der Waals surface area contributed by atoms with E-state index in [1.54, 1.807) is 17.4 Å². The van der Waals surface area contributed by atoms with Crippen LogP contribution in [0.2, 0.25) is 0 Å². The predicted molar refractivity (Wildman–Crippen MR) is 114 cm³/mol. The van der Waals surface area contributed by atoms with Crippen LogP contribution in [-0.4, -0.2) is 10.9 Å². The number of carbonyl (C=O) groups is 1. The number of hydrogen-bond acceptors (Lipinski definition) is 4. The van der Waals surface area contributed by atoms with Gasteiger partial charge in [0, 0.05) is 20.6 Å². The second-order valence-electron chi connectivity index (χ2n) is 5.49. The molecule has 26 heavy (non-hydrogen) atoms. The lowest BCUT2D eigenvalue weighted by molar-refractivity contribution is -0.111. The van der Waals surface area contributed by atoms with Crippen LogP contribution in [0.5, 0.6) is 5.75 Å². The van der Waals surface area contributed by atoms with E-state index >= 15 is 0 Å². The number of anilines is 1. The molecule has 132 valence electrons. The lowest BCUT2D eigenvalue weighted by atomic mass is 10.2. The Labute approximate surface area is 170 Å². The normalized spacial score (nSPS) is 10.8. The molecule has 0 fully saturated rings. The smallest absolute Gasteiger partial charge is 0.248 e. The van der Waals surface area contributed by atoms with Gasteiger partial charge in [0.15, 0.2) is 0 Å². The summed E-state index contributed by atoms with van der Waals surface area (Å²) in [7, 11) is 0. The quantitative estimate of drug-likeness (QED) is 0.389. The number of aryl methyl sites for hydroxylation is 1. The van der Waals surface area contributed by atoms with Gasteiger partial charge in [-0.1, -0.05) is 30.3 Å². The molecular weight excluding hydrogens is 459 g/mol. The van der Waals surface area contributed by atoms with Crippen molar-refractivity contribution in [3.05, 3.63) is 79.8 Å². The highest BCUT2D eigenvalue weighted by atomic mass is 127. The monoisotopic (exact) mass is 476 g/mol. The summed E-state index contributed by atoms with van der Waals surface area (Å²) >= 11 is 3.79. The first-order valence-corrected chi connectivity index (χ1v) is 9.94. The molecule has 0 aliphatic carbocycles. The first-order chi connectivity index (χ1) is 12.6. The lowest BCUT2D eigenvalue weighted by Gasteiger charge is -2.08. The number of amides is 1. The van der Waals surface area contributed by atoms with Crippen molar-refractivity contribution in [3.63, 3.8) is 0 Å². The summed E-state index contributed by atoms with van der Waals surface area (Å²) in [4.78, 5) is 16.6. The van der Waals surface area contributed by atoms with Gasteiger partial charge in [0.1, 0.15) is 12.4 Å². The molecular formula is C20H17IN2O2S. The van der Waals surface area contributed by atoms with Crippen molar-refractivity contribution in [1.29, 1.82) is 0 Å². The van der Waals surface area contributed by atoms with Gasteiger partial charge in [-0.3, -0.25) is 4.79 Å². The number of nitrogens with zero attached hydrogens (tertiary/aromatic N) is 1. The van der Waals surface area contributed by atoms with Gasteiger partial charge in [-0.2, -0.15) is 0 Å². The lowest BCUT2D eigenvalue weighted by Crippen LogP contribution is -2.08. The van der Waals surface area contributed by atoms with E-state index in [4.69, 9.17) is 4.74 Å². The van der Waals surface area contributed by atoms with Crippen molar-refractivity contribution in [1.82, 2.24) is 4.98 Å². The summed E-state index contributed by atoms with van der Waals surface area (Å²) in [6, 6.07) is 15.3. The summed E-state index contributed by atoms with van der Waals surface area (Å²) in [5.74, 6) is 0.538. The Bertz CT molecular complexity index is 937. The summed E-state index contributed by atoms with van der Waals surface area (Å²) in [5, 5.41) is 5.88. The van der Waals surface area contributed by atoms with Crippen molar-refractivity contribution in [2.24, 2.45) is 0 Å². The number of halogens is 1. The van der Waals surface area contributed by atoms with Gasteiger partial charge in [-0.15, -0.1) is 11.3 Å². The minimum atomic E-state index is -0.181. The van der Waals surface area contributed by atoms with E-state index in [-0.39, 0.29) is 5.91 Å². The zero-order chi connectivity index (χ0) is 18.4. The molecule has 4 nitrogen and oxygen atoms in total. The third-order valence-electron chi connectivity index (χ3n) is 3.51. The van der Waals surface area contributed by atoms with Crippen molar-refractivity contribution < 1.29 is 9.53 Å². The van der Waals surface area contributed by atoms with Crippen LogP contribution in [0.4, 0.5) is 5.69 Å². The summed E-state index contributed by atoms with van der Waals surface area (Å²) in [6.07, 6.45) is 3.27. The predicted octanol–water partition coefficient (Wildman–Crippen LogP) is 5.29. The Morgan fingerprint density at radius 2 is 2.00 bits per heavy atom. The Balaban J connectivity index is 1.66. The number of carbonyl (C=O) groups excluding carboxylic acids is 1. The number of thiazole rings is 1. The third-order valence-corrected chi connectivity index (χ3v) is 5.27. The molecule has 3 aromatic rings. The van der Waals surface area contributed by atoms with Crippen molar-refractivity contribution >= 4 is 51.6 Å². The summed E-state index contributed by atoms with van der Waals surface area (Å²) < 4.78 is 6.86. The van der Waals surface area contributed by atoms with Crippen LogP contribution in [-0.2, 0) is 11.4 Å². The van der Waals surface area contributed by atoms with Gasteiger partial charge < -0.3 is 10.1 Å². The van der Waals surface area contributed by atoms with Crippen LogP contribution in [0.25, 0.3) is 6.08 Å². The maximum atomic E-state index is 12.2. The molecule has 0 bridgehead atoms. The van der Waals surface area contributed by atoms with Gasteiger partial charge in [-0.25, -0.2) is 4.98 Å². The fraction of sp³-hybridized carbons (Fsp3) is 0.100. The molecule has 6 heteroatoms. The van der Waals surface area contributed by atoms with E-state index in [1.165, 1.54) is 6.08 Å². The molecule has 0 atom stereocenters. The van der Waals surface area contributed by atoms with E-state index in [0.717, 1.165) is 31.3 Å². The van der Waals surface area contributed by atoms with Crippen LogP contribution in [0, 0.1) is 10.5 Å². The average Bonchev–Trinajstić information content (AvgIpc) is 3.06. The molecule has 0 saturated carbocycles. The number of para-hydroxylation sites is 2. The molecule has 3 rings (SSSR count). The van der Waals surface area contributed by atoms with Crippen LogP contribution in [0.15, 0.2) is 60.0 Å². The zero-order valence-electron chi connectivity index (χ0n) is 14.1. The molecule has 2 aromatic carbocycles. The van der Waals surface area contributed by atoms with Gasteiger partial charge >= 0.3 is 0 Å². The largest absolute Gasteiger partial charge is 0.487 e. The highest BCUT2D eigenvalue weighted by Gasteiger charge is 2.05. The van der Waals surface area contributed by atoms with Crippen LogP contribution in [0.3, 0.4) is 0 Å². The SMILES string of the molecule is Cc1nc(COc2ccccc2C=CC(=O)Nc2ccccc2I)cs1. The molecule has 0 saturated heterocycles. The standard InChI is InChI=1S/C20H17IN2O2S/c1-14-22-16(13-26-14)12-25-19-9-5-2-6-15(19)10-11-20(24)23-18-8-4-3-7-17(18)21/h2-11,13H,12H2,1H3,(H,23,24). The minimum absolute atomic E-state index is 0.181. The van der Waals surface area contributed by atoms with E-state index < -0.39 is 0 Å². The maximum absolute atomic E-state index is 12.2. The van der Waals surface area contributed by atoms with Gasteiger partial charge in [0.2, 0.25) is 5.91 Å². The van der Waals surface area contributed by atoms with Gasteiger partial charge in [0.05, 0.1) is 16.4 Å². The Morgan fingerprint density at radius 3 is 2.77 bits per heavy atom. The molecule has 0 unspecified atom stereocenters. The number of hydrogen-bond donors (Lipinski definition) is 1. The van der Waals surface area contributed by atoms with Crippen molar-refractivity contribution in [3.8, 4) is 5.75 Å². The number of nitrogens with one attached hydrogen (secondary N) is 1. The summed E-state index contributed by atoms with van der Waals surface area (Å²) in [5.41, 5.74) is 2.55.